The maximum absolute atomic E-state index is 11.7. The fourth-order valence-electron chi connectivity index (χ4n) is 1.44. The van der Waals surface area contributed by atoms with Gasteiger partial charge in [-0.2, -0.15) is 0 Å². The minimum Gasteiger partial charge on any atom is -0.410 e. The highest BCUT2D eigenvalue weighted by atomic mass is 16.5. The first-order valence-corrected chi connectivity index (χ1v) is 4.37. The summed E-state index contributed by atoms with van der Waals surface area (Å²) in [4.78, 5) is 23.6. The zero-order valence-electron chi connectivity index (χ0n) is 8.63. The van der Waals surface area contributed by atoms with Crippen LogP contribution in [0, 0.1) is 5.41 Å². The van der Waals surface area contributed by atoms with Crippen molar-refractivity contribution in [2.75, 3.05) is 0 Å². The number of rotatable bonds is 0. The summed E-state index contributed by atoms with van der Waals surface area (Å²) >= 11 is 0. The molecule has 0 spiro atoms. The largest absolute Gasteiger partial charge is 0.410 e. The molecule has 0 bridgehead atoms. The molecule has 2 N–H and O–H groups in total. The standard InChI is InChI=1S/C8H9N5O3/c1-11-6-4(3-5(9)13(16)10-6)7(14)12(2)8(11)15/h3,9,16H,1-2H3. The van der Waals surface area contributed by atoms with Crippen molar-refractivity contribution in [3.05, 3.63) is 32.4 Å². The number of aromatic nitrogens is 4. The third kappa shape index (κ3) is 1.16. The third-order valence-corrected chi connectivity index (χ3v) is 2.35. The van der Waals surface area contributed by atoms with E-state index in [0.717, 1.165) is 15.2 Å². The maximum atomic E-state index is 11.7. The molecule has 2 aromatic heterocycles. The normalized spacial score (nSPS) is 10.9. The van der Waals surface area contributed by atoms with Gasteiger partial charge in [-0.05, 0) is 0 Å². The Labute approximate surface area is 88.1 Å². The van der Waals surface area contributed by atoms with Crippen molar-refractivity contribution in [2.45, 2.75) is 0 Å². The fourth-order valence-corrected chi connectivity index (χ4v) is 1.44. The van der Waals surface area contributed by atoms with Crippen LogP contribution < -0.4 is 16.7 Å². The zero-order valence-corrected chi connectivity index (χ0v) is 8.63. The Hall–Kier alpha value is -2.38. The van der Waals surface area contributed by atoms with Gasteiger partial charge in [-0.25, -0.2) is 4.79 Å². The van der Waals surface area contributed by atoms with Crippen LogP contribution in [0.1, 0.15) is 0 Å². The molecule has 8 heteroatoms. The Balaban J connectivity index is 3.22. The molecule has 0 radical (unpaired) electrons. The van der Waals surface area contributed by atoms with Crippen LogP contribution >= 0.6 is 0 Å². The van der Waals surface area contributed by atoms with Crippen LogP contribution in [0.3, 0.4) is 0 Å². The summed E-state index contributed by atoms with van der Waals surface area (Å²) in [5.74, 6) is 0. The highest BCUT2D eigenvalue weighted by Crippen LogP contribution is 1.97. The summed E-state index contributed by atoms with van der Waals surface area (Å²) in [6, 6.07) is 1.16. The highest BCUT2D eigenvalue weighted by molar-refractivity contribution is 5.72. The van der Waals surface area contributed by atoms with E-state index in [-0.39, 0.29) is 16.5 Å². The summed E-state index contributed by atoms with van der Waals surface area (Å²) < 4.78 is 2.05. The van der Waals surface area contributed by atoms with Gasteiger partial charge in [0.25, 0.3) is 5.56 Å². The second kappa shape index (κ2) is 3.05. The van der Waals surface area contributed by atoms with E-state index in [1.807, 2.05) is 0 Å². The van der Waals surface area contributed by atoms with Crippen LogP contribution in [0.15, 0.2) is 15.7 Å². The molecule has 0 aromatic carbocycles. The number of nitrogens with zero attached hydrogens (tertiary/aromatic N) is 4. The minimum atomic E-state index is -0.542. The molecule has 0 amide bonds. The van der Waals surface area contributed by atoms with Gasteiger partial charge in [0.2, 0.25) is 0 Å². The average Bonchev–Trinajstić information content (AvgIpc) is 2.26. The molecule has 0 saturated heterocycles. The molecule has 0 aliphatic rings. The molecule has 0 aliphatic carbocycles. The summed E-state index contributed by atoms with van der Waals surface area (Å²) in [5.41, 5.74) is -1.38. The summed E-state index contributed by atoms with van der Waals surface area (Å²) in [6.45, 7) is 0. The first-order valence-electron chi connectivity index (χ1n) is 4.37. The molecule has 0 saturated carbocycles. The second-order valence-electron chi connectivity index (χ2n) is 3.36. The quantitative estimate of drug-likeness (QED) is 0.511. The highest BCUT2D eigenvalue weighted by Gasteiger charge is 2.10. The number of hydrogen-bond donors (Lipinski definition) is 2. The molecule has 0 unspecified atom stereocenters. The van der Waals surface area contributed by atoms with Crippen molar-refractivity contribution in [1.29, 1.82) is 5.41 Å². The van der Waals surface area contributed by atoms with Gasteiger partial charge in [0.15, 0.2) is 11.1 Å². The molecule has 0 atom stereocenters. The summed E-state index contributed by atoms with van der Waals surface area (Å²) in [7, 11) is 2.77. The van der Waals surface area contributed by atoms with Crippen LogP contribution in [0.25, 0.3) is 11.0 Å². The van der Waals surface area contributed by atoms with Gasteiger partial charge in [0, 0.05) is 20.2 Å². The van der Waals surface area contributed by atoms with Gasteiger partial charge in [0.05, 0.1) is 5.39 Å². The third-order valence-electron chi connectivity index (χ3n) is 2.35. The molecular weight excluding hydrogens is 214 g/mol. The van der Waals surface area contributed by atoms with E-state index in [1.54, 1.807) is 0 Å². The maximum Gasteiger partial charge on any atom is 0.332 e. The minimum absolute atomic E-state index is 0.0339. The van der Waals surface area contributed by atoms with Crippen LogP contribution in [0.2, 0.25) is 0 Å². The van der Waals surface area contributed by atoms with Crippen molar-refractivity contribution in [3.8, 4) is 0 Å². The monoisotopic (exact) mass is 223 g/mol. The Kier molecular flexibility index (Phi) is 1.94. The van der Waals surface area contributed by atoms with E-state index in [4.69, 9.17) is 5.41 Å². The number of nitrogens with one attached hydrogen (secondary N) is 1. The predicted molar refractivity (Wildman–Crippen MR) is 53.3 cm³/mol. The van der Waals surface area contributed by atoms with E-state index in [1.165, 1.54) is 14.1 Å². The molecule has 8 nitrogen and oxygen atoms in total. The van der Waals surface area contributed by atoms with Gasteiger partial charge in [-0.1, -0.05) is 4.85 Å². The number of fused-ring (bicyclic) bond motifs is 1. The Bertz CT molecular complexity index is 751. The smallest absolute Gasteiger partial charge is 0.332 e. The second-order valence-corrected chi connectivity index (χ2v) is 3.36. The lowest BCUT2D eigenvalue weighted by atomic mass is 10.3. The molecule has 0 fully saturated rings. The van der Waals surface area contributed by atoms with Crippen LogP contribution in [-0.2, 0) is 14.1 Å². The summed E-state index contributed by atoms with van der Waals surface area (Å²) in [5, 5.41) is 20.2. The first kappa shape index (κ1) is 10.1. The molecule has 0 aliphatic heterocycles. The van der Waals surface area contributed by atoms with Gasteiger partial charge < -0.3 is 5.21 Å². The first-order chi connectivity index (χ1) is 7.43. The Morgan fingerprint density at radius 2 is 1.94 bits per heavy atom. The van der Waals surface area contributed by atoms with Gasteiger partial charge in [-0.3, -0.25) is 19.3 Å². The van der Waals surface area contributed by atoms with E-state index in [0.29, 0.717) is 4.85 Å². The topological polar surface area (TPSA) is 106 Å². The average molecular weight is 223 g/mol. The molecule has 2 aromatic rings. The van der Waals surface area contributed by atoms with Crippen LogP contribution in [0.5, 0.6) is 0 Å². The van der Waals surface area contributed by atoms with Crippen LogP contribution in [0.4, 0.5) is 0 Å². The molecule has 2 heterocycles. The van der Waals surface area contributed by atoms with Crippen molar-refractivity contribution < 1.29 is 5.21 Å². The lowest BCUT2D eigenvalue weighted by Gasteiger charge is -2.06. The van der Waals surface area contributed by atoms with Gasteiger partial charge in [-0.15, -0.1) is 5.10 Å². The molecule has 16 heavy (non-hydrogen) atoms. The molecule has 2 rings (SSSR count). The van der Waals surface area contributed by atoms with Gasteiger partial charge >= 0.3 is 5.69 Å². The predicted octanol–water partition coefficient (Wildman–Crippen LogP) is -1.85. The fraction of sp³-hybridized carbons (Fsp3) is 0.250. The lowest BCUT2D eigenvalue weighted by Crippen LogP contribution is -2.38. The van der Waals surface area contributed by atoms with E-state index >= 15 is 0 Å². The lowest BCUT2D eigenvalue weighted by molar-refractivity contribution is 0.132. The zero-order chi connectivity index (χ0) is 12.0. The molecular formula is C8H9N5O3. The van der Waals surface area contributed by atoms with E-state index in [2.05, 4.69) is 5.10 Å². The number of aryl methyl sites for hydroxylation is 1. The van der Waals surface area contributed by atoms with Crippen molar-refractivity contribution >= 4 is 11.0 Å². The van der Waals surface area contributed by atoms with Crippen molar-refractivity contribution in [2.24, 2.45) is 14.1 Å². The van der Waals surface area contributed by atoms with E-state index < -0.39 is 11.2 Å². The van der Waals surface area contributed by atoms with Crippen molar-refractivity contribution in [3.63, 3.8) is 0 Å². The number of hydrogen-bond acceptors (Lipinski definition) is 5. The van der Waals surface area contributed by atoms with E-state index in [9.17, 15) is 14.8 Å². The Morgan fingerprint density at radius 1 is 1.31 bits per heavy atom. The molecule has 84 valence electrons. The van der Waals surface area contributed by atoms with Gasteiger partial charge in [0.1, 0.15) is 0 Å². The Morgan fingerprint density at radius 3 is 2.56 bits per heavy atom. The summed E-state index contributed by atoms with van der Waals surface area (Å²) in [6.07, 6.45) is 0. The van der Waals surface area contributed by atoms with Crippen LogP contribution in [-0.4, -0.2) is 24.3 Å². The SMILES string of the molecule is Cn1c(=O)c2cc(=N)n(O)nc2n(C)c1=O. The van der Waals surface area contributed by atoms with Crippen molar-refractivity contribution in [1.82, 2.24) is 19.1 Å².